The Morgan fingerprint density at radius 2 is 2.06 bits per heavy atom. The molecule has 0 bridgehead atoms. The van der Waals surface area contributed by atoms with Crippen molar-refractivity contribution in [2.45, 2.75) is 31.1 Å². The molecule has 0 heterocycles. The summed E-state index contributed by atoms with van der Waals surface area (Å²) < 4.78 is 0. The summed E-state index contributed by atoms with van der Waals surface area (Å²) in [5.41, 5.74) is 2.63. The van der Waals surface area contributed by atoms with Gasteiger partial charge in [0.05, 0.1) is 0 Å². The zero-order valence-corrected chi connectivity index (χ0v) is 9.20. The minimum atomic E-state index is 0.320. The zero-order valence-electron chi connectivity index (χ0n) is 9.20. The summed E-state index contributed by atoms with van der Waals surface area (Å²) in [6, 6.07) is 8.31. The maximum atomic E-state index is 11.3. The highest BCUT2D eigenvalue weighted by Crippen LogP contribution is 2.61. The van der Waals surface area contributed by atoms with E-state index in [0.29, 0.717) is 17.1 Å². The summed E-state index contributed by atoms with van der Waals surface area (Å²) >= 11 is 0. The van der Waals surface area contributed by atoms with Gasteiger partial charge in [-0.1, -0.05) is 18.1 Å². The van der Waals surface area contributed by atoms with Crippen LogP contribution >= 0.6 is 0 Å². The molecule has 0 N–H and O–H groups in total. The van der Waals surface area contributed by atoms with Crippen LogP contribution in [-0.4, -0.2) is 5.78 Å². The first-order chi connectivity index (χ1) is 7.74. The highest BCUT2D eigenvalue weighted by atomic mass is 16.1. The second kappa shape index (κ2) is 3.22. The normalized spacial score (nSPS) is 31.7. The van der Waals surface area contributed by atoms with Gasteiger partial charge in [0, 0.05) is 18.4 Å². The van der Waals surface area contributed by atoms with E-state index in [1.54, 1.807) is 0 Å². The number of hydrogen-bond donors (Lipinski definition) is 0. The van der Waals surface area contributed by atoms with Gasteiger partial charge in [-0.15, -0.1) is 6.42 Å². The van der Waals surface area contributed by atoms with Crippen LogP contribution in [-0.2, 0) is 10.2 Å². The van der Waals surface area contributed by atoms with Crippen LogP contribution in [0.25, 0.3) is 0 Å². The van der Waals surface area contributed by atoms with Crippen LogP contribution in [0.5, 0.6) is 0 Å². The molecule has 1 nitrogen and oxygen atoms in total. The maximum absolute atomic E-state index is 11.3. The molecular weight excluding hydrogens is 196 g/mol. The lowest BCUT2D eigenvalue weighted by Crippen LogP contribution is -2.19. The van der Waals surface area contributed by atoms with Crippen LogP contribution in [0.4, 0.5) is 0 Å². The molecule has 2 saturated carbocycles. The van der Waals surface area contributed by atoms with Crippen molar-refractivity contribution in [2.75, 3.05) is 0 Å². The fourth-order valence-electron chi connectivity index (χ4n) is 3.09. The molecule has 2 unspecified atom stereocenters. The largest absolute Gasteiger partial charge is 0.300 e. The van der Waals surface area contributed by atoms with Gasteiger partial charge in [-0.2, -0.15) is 0 Å². The number of Topliss-reactive ketones (excluding diaryl/α,β-unsaturated/α-hetero) is 1. The summed E-state index contributed by atoms with van der Waals surface area (Å²) in [6.07, 6.45) is 9.11. The number of terminal acetylenes is 1. The Hall–Kier alpha value is -1.55. The Kier molecular flexibility index (Phi) is 1.94. The minimum Gasteiger partial charge on any atom is -0.300 e. The van der Waals surface area contributed by atoms with Gasteiger partial charge in [-0.05, 0) is 41.9 Å². The highest BCUT2D eigenvalue weighted by Gasteiger charge is 2.57. The van der Waals surface area contributed by atoms with Crippen molar-refractivity contribution >= 4 is 5.78 Å². The van der Waals surface area contributed by atoms with Gasteiger partial charge in [-0.25, -0.2) is 0 Å². The predicted octanol–water partition coefficient (Wildman–Crippen LogP) is 2.68. The average Bonchev–Trinajstić information content (AvgIpc) is 3.04. The molecule has 80 valence electrons. The fraction of sp³-hybridized carbons (Fsp3) is 0.400. The van der Waals surface area contributed by atoms with E-state index in [-0.39, 0.29) is 0 Å². The van der Waals surface area contributed by atoms with Crippen molar-refractivity contribution in [3.8, 4) is 12.3 Å². The van der Waals surface area contributed by atoms with Crippen molar-refractivity contribution in [1.29, 1.82) is 0 Å². The number of carbonyl (C=O) groups is 1. The lowest BCUT2D eigenvalue weighted by Gasteiger charge is -2.21. The standard InChI is InChI=1S/C15H14O/c1-2-11-3-5-12(6-4-11)15-8-7-14(16)9-13(15)10-15/h1,3-6,13H,7-10H2. The van der Waals surface area contributed by atoms with E-state index >= 15 is 0 Å². The first-order valence-corrected chi connectivity index (χ1v) is 5.83. The smallest absolute Gasteiger partial charge is 0.133 e. The Morgan fingerprint density at radius 1 is 1.31 bits per heavy atom. The fourth-order valence-corrected chi connectivity index (χ4v) is 3.09. The van der Waals surface area contributed by atoms with E-state index in [1.807, 2.05) is 12.1 Å². The molecule has 2 atom stereocenters. The quantitative estimate of drug-likeness (QED) is 0.651. The van der Waals surface area contributed by atoms with Crippen LogP contribution in [0.1, 0.15) is 36.8 Å². The Balaban J connectivity index is 1.89. The molecule has 0 radical (unpaired) electrons. The van der Waals surface area contributed by atoms with Crippen LogP contribution < -0.4 is 0 Å². The number of fused-ring (bicyclic) bond motifs is 1. The van der Waals surface area contributed by atoms with Crippen LogP contribution in [0.2, 0.25) is 0 Å². The van der Waals surface area contributed by atoms with Crippen molar-refractivity contribution in [3.05, 3.63) is 35.4 Å². The Morgan fingerprint density at radius 3 is 2.69 bits per heavy atom. The van der Waals surface area contributed by atoms with Gasteiger partial charge in [-0.3, -0.25) is 4.79 Å². The number of ketones is 1. The monoisotopic (exact) mass is 210 g/mol. The Bertz CT molecular complexity index is 477. The van der Waals surface area contributed by atoms with E-state index in [1.165, 1.54) is 12.0 Å². The van der Waals surface area contributed by atoms with Crippen molar-refractivity contribution < 1.29 is 4.79 Å². The van der Waals surface area contributed by atoms with E-state index in [0.717, 1.165) is 24.8 Å². The molecule has 2 aliphatic rings. The summed E-state index contributed by atoms with van der Waals surface area (Å²) in [4.78, 5) is 11.3. The number of benzene rings is 1. The summed E-state index contributed by atoms with van der Waals surface area (Å²) in [5, 5.41) is 0. The van der Waals surface area contributed by atoms with E-state index < -0.39 is 0 Å². The molecule has 3 rings (SSSR count). The lowest BCUT2D eigenvalue weighted by atomic mass is 9.82. The second-order valence-electron chi connectivity index (χ2n) is 5.02. The Labute approximate surface area is 95.9 Å². The van der Waals surface area contributed by atoms with Crippen molar-refractivity contribution in [2.24, 2.45) is 5.92 Å². The lowest BCUT2D eigenvalue weighted by molar-refractivity contribution is -0.120. The molecule has 0 saturated heterocycles. The molecule has 0 spiro atoms. The average molecular weight is 210 g/mol. The van der Waals surface area contributed by atoms with Gasteiger partial charge in [0.25, 0.3) is 0 Å². The van der Waals surface area contributed by atoms with Gasteiger partial charge in [0.15, 0.2) is 0 Å². The molecule has 1 heteroatoms. The van der Waals surface area contributed by atoms with Crippen LogP contribution in [0, 0.1) is 18.3 Å². The summed E-state index contributed by atoms with van der Waals surface area (Å²) in [5.74, 6) is 3.68. The van der Waals surface area contributed by atoms with Gasteiger partial charge < -0.3 is 0 Å². The summed E-state index contributed by atoms with van der Waals surface area (Å²) in [7, 11) is 0. The first-order valence-electron chi connectivity index (χ1n) is 5.83. The third-order valence-electron chi connectivity index (χ3n) is 4.18. The van der Waals surface area contributed by atoms with E-state index in [9.17, 15) is 4.79 Å². The van der Waals surface area contributed by atoms with Crippen LogP contribution in [0.15, 0.2) is 24.3 Å². The predicted molar refractivity (Wildman–Crippen MR) is 63.0 cm³/mol. The zero-order chi connectivity index (χ0) is 11.2. The molecule has 16 heavy (non-hydrogen) atoms. The molecular formula is C15H14O. The van der Waals surface area contributed by atoms with Crippen molar-refractivity contribution in [3.63, 3.8) is 0 Å². The number of rotatable bonds is 1. The van der Waals surface area contributed by atoms with Gasteiger partial charge in [0.2, 0.25) is 0 Å². The molecule has 0 aliphatic heterocycles. The van der Waals surface area contributed by atoms with Gasteiger partial charge >= 0.3 is 0 Å². The van der Waals surface area contributed by atoms with E-state index in [4.69, 9.17) is 6.42 Å². The molecule has 2 aliphatic carbocycles. The SMILES string of the molecule is C#Cc1ccc(C23CCC(=O)CC2C3)cc1. The maximum Gasteiger partial charge on any atom is 0.133 e. The number of carbonyl (C=O) groups excluding carboxylic acids is 1. The molecule has 1 aromatic rings. The first kappa shape index (κ1) is 9.66. The molecule has 0 aromatic heterocycles. The van der Waals surface area contributed by atoms with Crippen LogP contribution in [0.3, 0.4) is 0 Å². The number of hydrogen-bond acceptors (Lipinski definition) is 1. The summed E-state index contributed by atoms with van der Waals surface area (Å²) in [6.45, 7) is 0. The van der Waals surface area contributed by atoms with Gasteiger partial charge in [0.1, 0.15) is 5.78 Å². The second-order valence-corrected chi connectivity index (χ2v) is 5.02. The molecule has 0 amide bonds. The third-order valence-corrected chi connectivity index (χ3v) is 4.18. The highest BCUT2D eigenvalue weighted by molar-refractivity contribution is 5.81. The van der Waals surface area contributed by atoms with Crippen molar-refractivity contribution in [1.82, 2.24) is 0 Å². The minimum absolute atomic E-state index is 0.320. The molecule has 1 aromatic carbocycles. The third kappa shape index (κ3) is 1.30. The van der Waals surface area contributed by atoms with E-state index in [2.05, 4.69) is 18.1 Å². The molecule has 2 fully saturated rings. The topological polar surface area (TPSA) is 17.1 Å².